The number of aromatic nitrogens is 1. The van der Waals surface area contributed by atoms with Gasteiger partial charge in [-0.2, -0.15) is 0 Å². The van der Waals surface area contributed by atoms with E-state index in [4.69, 9.17) is 0 Å². The van der Waals surface area contributed by atoms with Gasteiger partial charge in [-0.3, -0.25) is 0 Å². The van der Waals surface area contributed by atoms with Gasteiger partial charge in [0.25, 0.3) is 0 Å². The lowest BCUT2D eigenvalue weighted by Gasteiger charge is -2.15. The van der Waals surface area contributed by atoms with Gasteiger partial charge in [0.05, 0.1) is 10.7 Å². The quantitative estimate of drug-likeness (QED) is 0.772. The maximum absolute atomic E-state index is 4.46. The first-order valence-corrected chi connectivity index (χ1v) is 6.78. The highest BCUT2D eigenvalue weighted by Gasteiger charge is 2.04. The van der Waals surface area contributed by atoms with E-state index in [1.807, 2.05) is 0 Å². The molecule has 0 saturated heterocycles. The molecule has 0 fully saturated rings. The normalized spacial score (nSPS) is 13.0. The fourth-order valence-electron chi connectivity index (χ4n) is 1.73. The van der Waals surface area contributed by atoms with E-state index in [-0.39, 0.29) is 0 Å². The van der Waals surface area contributed by atoms with Crippen molar-refractivity contribution in [3.05, 3.63) is 16.1 Å². The molecule has 1 heterocycles. The second-order valence-electron chi connectivity index (χ2n) is 3.96. The first-order valence-electron chi connectivity index (χ1n) is 5.90. The third-order valence-electron chi connectivity index (χ3n) is 2.61. The molecule has 0 radical (unpaired) electrons. The van der Waals surface area contributed by atoms with Crippen molar-refractivity contribution in [2.24, 2.45) is 0 Å². The molecule has 0 saturated carbocycles. The monoisotopic (exact) mass is 226 g/mol. The van der Waals surface area contributed by atoms with Gasteiger partial charge in [0.15, 0.2) is 0 Å². The van der Waals surface area contributed by atoms with Crippen LogP contribution in [-0.2, 0) is 6.42 Å². The van der Waals surface area contributed by atoms with Crippen molar-refractivity contribution in [1.82, 2.24) is 10.3 Å². The Hall–Kier alpha value is -0.410. The van der Waals surface area contributed by atoms with Crippen LogP contribution in [0.25, 0.3) is 0 Å². The van der Waals surface area contributed by atoms with Crippen molar-refractivity contribution >= 4 is 11.3 Å². The van der Waals surface area contributed by atoms with Crippen molar-refractivity contribution < 1.29 is 0 Å². The molecule has 1 aromatic heterocycles. The van der Waals surface area contributed by atoms with E-state index in [2.05, 4.69) is 36.5 Å². The first-order chi connectivity index (χ1) is 7.26. The highest BCUT2D eigenvalue weighted by molar-refractivity contribution is 7.09. The van der Waals surface area contributed by atoms with E-state index >= 15 is 0 Å². The zero-order valence-electron chi connectivity index (χ0n) is 10.0. The molecule has 0 bridgehead atoms. The maximum atomic E-state index is 4.46. The summed E-state index contributed by atoms with van der Waals surface area (Å²) in [6, 6.07) is 0.690. The molecule has 15 heavy (non-hydrogen) atoms. The second-order valence-corrected chi connectivity index (χ2v) is 5.02. The summed E-state index contributed by atoms with van der Waals surface area (Å²) in [5.74, 6) is 0. The fraction of sp³-hybridized carbons (Fsp3) is 0.750. The van der Waals surface area contributed by atoms with Gasteiger partial charge in [0.2, 0.25) is 0 Å². The number of rotatable bonds is 7. The van der Waals surface area contributed by atoms with E-state index in [9.17, 15) is 0 Å². The SMILES string of the molecule is CCCC(CC)NCCc1csc(C)n1. The molecule has 1 aromatic rings. The van der Waals surface area contributed by atoms with Crippen LogP contribution in [0.3, 0.4) is 0 Å². The van der Waals surface area contributed by atoms with Crippen molar-refractivity contribution in [3.8, 4) is 0 Å². The Morgan fingerprint density at radius 2 is 2.27 bits per heavy atom. The Labute approximate surface area is 97.1 Å². The van der Waals surface area contributed by atoms with Crippen LogP contribution in [0.4, 0.5) is 0 Å². The molecule has 0 aliphatic carbocycles. The lowest BCUT2D eigenvalue weighted by molar-refractivity contribution is 0.465. The minimum Gasteiger partial charge on any atom is -0.314 e. The molecule has 0 aromatic carbocycles. The Balaban J connectivity index is 2.20. The number of nitrogens with one attached hydrogen (secondary N) is 1. The van der Waals surface area contributed by atoms with Crippen LogP contribution in [0.5, 0.6) is 0 Å². The standard InChI is InChI=1S/C12H22N2S/c1-4-6-11(5-2)13-8-7-12-9-15-10(3)14-12/h9,11,13H,4-8H2,1-3H3. The summed E-state index contributed by atoms with van der Waals surface area (Å²) in [6.07, 6.45) is 4.84. The molecule has 0 amide bonds. The van der Waals surface area contributed by atoms with Gasteiger partial charge in [0.1, 0.15) is 0 Å². The van der Waals surface area contributed by atoms with E-state index < -0.39 is 0 Å². The predicted octanol–water partition coefficient (Wildman–Crippen LogP) is 3.16. The lowest BCUT2D eigenvalue weighted by atomic mass is 10.1. The average molecular weight is 226 g/mol. The van der Waals surface area contributed by atoms with E-state index in [0.717, 1.165) is 13.0 Å². The second kappa shape index (κ2) is 6.96. The van der Waals surface area contributed by atoms with Crippen LogP contribution in [0.15, 0.2) is 5.38 Å². The van der Waals surface area contributed by atoms with Gasteiger partial charge in [-0.1, -0.05) is 20.3 Å². The van der Waals surface area contributed by atoms with Crippen LogP contribution in [0.1, 0.15) is 43.8 Å². The summed E-state index contributed by atoms with van der Waals surface area (Å²) in [5.41, 5.74) is 1.23. The largest absolute Gasteiger partial charge is 0.314 e. The third-order valence-corrected chi connectivity index (χ3v) is 3.43. The van der Waals surface area contributed by atoms with Crippen molar-refractivity contribution in [2.75, 3.05) is 6.54 Å². The summed E-state index contributed by atoms with van der Waals surface area (Å²) in [6.45, 7) is 7.61. The fourth-order valence-corrected chi connectivity index (χ4v) is 2.37. The van der Waals surface area contributed by atoms with Crippen molar-refractivity contribution in [1.29, 1.82) is 0 Å². The number of hydrogen-bond acceptors (Lipinski definition) is 3. The van der Waals surface area contributed by atoms with Crippen LogP contribution in [0.2, 0.25) is 0 Å². The summed E-state index contributed by atoms with van der Waals surface area (Å²) < 4.78 is 0. The Kier molecular flexibility index (Phi) is 5.88. The van der Waals surface area contributed by atoms with Crippen LogP contribution in [0, 0.1) is 6.92 Å². The molecule has 86 valence electrons. The first kappa shape index (κ1) is 12.7. The Bertz CT molecular complexity index is 270. The zero-order valence-corrected chi connectivity index (χ0v) is 10.9. The zero-order chi connectivity index (χ0) is 11.1. The summed E-state index contributed by atoms with van der Waals surface area (Å²) in [4.78, 5) is 4.46. The highest BCUT2D eigenvalue weighted by Crippen LogP contribution is 2.08. The molecule has 1 atom stereocenters. The lowest BCUT2D eigenvalue weighted by Crippen LogP contribution is -2.30. The number of nitrogens with zero attached hydrogens (tertiary/aromatic N) is 1. The molecule has 3 heteroatoms. The smallest absolute Gasteiger partial charge is 0.0897 e. The number of thiazole rings is 1. The molecule has 1 rings (SSSR count). The summed E-state index contributed by atoms with van der Waals surface area (Å²) in [5, 5.41) is 6.93. The Morgan fingerprint density at radius 3 is 2.80 bits per heavy atom. The summed E-state index contributed by atoms with van der Waals surface area (Å²) in [7, 11) is 0. The van der Waals surface area contributed by atoms with Gasteiger partial charge < -0.3 is 5.32 Å². The van der Waals surface area contributed by atoms with E-state index in [1.54, 1.807) is 11.3 Å². The molecule has 1 unspecified atom stereocenters. The number of aryl methyl sites for hydroxylation is 1. The Morgan fingerprint density at radius 1 is 1.47 bits per heavy atom. The highest BCUT2D eigenvalue weighted by atomic mass is 32.1. The number of hydrogen-bond donors (Lipinski definition) is 1. The van der Waals surface area contributed by atoms with Gasteiger partial charge in [0, 0.05) is 24.4 Å². The predicted molar refractivity (Wildman–Crippen MR) is 67.5 cm³/mol. The molecule has 0 aliphatic heterocycles. The average Bonchev–Trinajstić information content (AvgIpc) is 2.63. The van der Waals surface area contributed by atoms with E-state index in [0.29, 0.717) is 6.04 Å². The molecular weight excluding hydrogens is 204 g/mol. The topological polar surface area (TPSA) is 24.9 Å². The van der Waals surface area contributed by atoms with Gasteiger partial charge >= 0.3 is 0 Å². The van der Waals surface area contributed by atoms with Crippen LogP contribution >= 0.6 is 11.3 Å². The van der Waals surface area contributed by atoms with Crippen molar-refractivity contribution in [3.63, 3.8) is 0 Å². The minimum absolute atomic E-state index is 0.690. The maximum Gasteiger partial charge on any atom is 0.0897 e. The van der Waals surface area contributed by atoms with E-state index in [1.165, 1.54) is 30.0 Å². The van der Waals surface area contributed by atoms with Gasteiger partial charge in [-0.05, 0) is 19.8 Å². The van der Waals surface area contributed by atoms with Crippen LogP contribution in [-0.4, -0.2) is 17.6 Å². The summed E-state index contributed by atoms with van der Waals surface area (Å²) >= 11 is 1.74. The minimum atomic E-state index is 0.690. The molecule has 0 aliphatic rings. The van der Waals surface area contributed by atoms with Gasteiger partial charge in [-0.25, -0.2) is 4.98 Å². The van der Waals surface area contributed by atoms with Gasteiger partial charge in [-0.15, -0.1) is 11.3 Å². The third kappa shape index (κ3) is 4.76. The molecule has 0 spiro atoms. The molecule has 1 N–H and O–H groups in total. The molecule has 2 nitrogen and oxygen atoms in total. The van der Waals surface area contributed by atoms with Crippen molar-refractivity contribution in [2.45, 2.75) is 52.5 Å². The molecular formula is C12H22N2S. The van der Waals surface area contributed by atoms with Crippen LogP contribution < -0.4 is 5.32 Å².